The minimum absolute atomic E-state index is 0.0453. The lowest BCUT2D eigenvalue weighted by Gasteiger charge is -2.06. The molecule has 3 heteroatoms. The maximum absolute atomic E-state index is 8.82. The van der Waals surface area contributed by atoms with Crippen molar-refractivity contribution >= 4 is 5.69 Å². The molecule has 0 aromatic carbocycles. The summed E-state index contributed by atoms with van der Waals surface area (Å²) in [5, 5.41) is 8.82. The Morgan fingerprint density at radius 1 is 1.55 bits per heavy atom. The first-order valence-corrected chi connectivity index (χ1v) is 3.48. The average Bonchev–Trinajstić information content (AvgIpc) is 2.01. The molecule has 0 saturated carbocycles. The molecule has 0 unspecified atom stereocenters. The number of nitrogen functional groups attached to an aromatic ring is 1. The predicted octanol–water partition coefficient (Wildman–Crippen LogP) is 0.773. The van der Waals surface area contributed by atoms with Gasteiger partial charge in [0.2, 0.25) is 0 Å². The Bertz CT molecular complexity index is 271. The third-order valence-electron chi connectivity index (χ3n) is 1.83. The second-order valence-electron chi connectivity index (χ2n) is 2.58. The smallest absolute Gasteiger partial charge is 0.0856 e. The predicted molar refractivity (Wildman–Crippen MR) is 44.0 cm³/mol. The summed E-state index contributed by atoms with van der Waals surface area (Å²) in [5.74, 6) is 0. The number of aliphatic hydroxyl groups is 1. The molecule has 0 bridgehead atoms. The van der Waals surface area contributed by atoms with Crippen molar-refractivity contribution in [2.45, 2.75) is 20.5 Å². The van der Waals surface area contributed by atoms with Gasteiger partial charge >= 0.3 is 0 Å². The van der Waals surface area contributed by atoms with Gasteiger partial charge in [-0.05, 0) is 25.0 Å². The number of nitrogens with two attached hydrogens (primary N) is 1. The van der Waals surface area contributed by atoms with Crippen LogP contribution in [0.4, 0.5) is 5.69 Å². The van der Waals surface area contributed by atoms with Gasteiger partial charge in [-0.1, -0.05) is 0 Å². The van der Waals surface area contributed by atoms with Crippen LogP contribution in [0, 0.1) is 13.8 Å². The van der Waals surface area contributed by atoms with Gasteiger partial charge in [0.05, 0.1) is 12.3 Å². The van der Waals surface area contributed by atoms with Gasteiger partial charge in [0.1, 0.15) is 0 Å². The molecular formula is C8H12N2O. The summed E-state index contributed by atoms with van der Waals surface area (Å²) in [5.41, 5.74) is 8.93. The molecule has 1 rings (SSSR count). The molecule has 0 aliphatic heterocycles. The summed E-state index contributed by atoms with van der Waals surface area (Å²) in [6.07, 6.45) is 1.67. The van der Waals surface area contributed by atoms with Gasteiger partial charge in [0, 0.05) is 11.9 Å². The number of rotatable bonds is 1. The molecule has 1 aromatic heterocycles. The summed E-state index contributed by atoms with van der Waals surface area (Å²) in [4.78, 5) is 4.03. The maximum Gasteiger partial charge on any atom is 0.0856 e. The largest absolute Gasteiger partial charge is 0.398 e. The van der Waals surface area contributed by atoms with E-state index < -0.39 is 0 Å². The van der Waals surface area contributed by atoms with Crippen LogP contribution in [0.25, 0.3) is 0 Å². The summed E-state index contributed by atoms with van der Waals surface area (Å²) < 4.78 is 0. The van der Waals surface area contributed by atoms with E-state index in [4.69, 9.17) is 10.8 Å². The zero-order valence-corrected chi connectivity index (χ0v) is 6.76. The minimum atomic E-state index is -0.0453. The number of hydrogen-bond acceptors (Lipinski definition) is 3. The van der Waals surface area contributed by atoms with Crippen molar-refractivity contribution in [1.82, 2.24) is 4.98 Å². The lowest BCUT2D eigenvalue weighted by Crippen LogP contribution is -2.01. The molecule has 0 atom stereocenters. The fraction of sp³-hybridized carbons (Fsp3) is 0.375. The molecule has 0 saturated heterocycles. The van der Waals surface area contributed by atoms with Crippen molar-refractivity contribution in [3.05, 3.63) is 23.0 Å². The van der Waals surface area contributed by atoms with E-state index >= 15 is 0 Å². The maximum atomic E-state index is 8.82. The second kappa shape index (κ2) is 2.88. The lowest BCUT2D eigenvalue weighted by atomic mass is 10.1. The fourth-order valence-corrected chi connectivity index (χ4v) is 0.952. The van der Waals surface area contributed by atoms with Crippen LogP contribution in [-0.4, -0.2) is 10.1 Å². The highest BCUT2D eigenvalue weighted by molar-refractivity contribution is 5.53. The van der Waals surface area contributed by atoms with Crippen molar-refractivity contribution in [2.75, 3.05) is 5.73 Å². The van der Waals surface area contributed by atoms with Crippen LogP contribution in [0.1, 0.15) is 16.8 Å². The summed E-state index contributed by atoms with van der Waals surface area (Å²) >= 11 is 0. The zero-order valence-electron chi connectivity index (χ0n) is 6.76. The van der Waals surface area contributed by atoms with E-state index in [0.717, 1.165) is 16.8 Å². The molecule has 3 nitrogen and oxygen atoms in total. The lowest BCUT2D eigenvalue weighted by molar-refractivity contribution is 0.276. The summed E-state index contributed by atoms with van der Waals surface area (Å²) in [6.45, 7) is 3.72. The Balaban J connectivity index is 3.25. The molecule has 1 aromatic rings. The standard InChI is InChI=1S/C8H12N2O/c1-5-3-10-7(4-11)6(2)8(5)9/h3,11H,4H2,1-2H3,(H2,9,10). The van der Waals surface area contributed by atoms with Crippen LogP contribution >= 0.6 is 0 Å². The summed E-state index contributed by atoms with van der Waals surface area (Å²) in [6, 6.07) is 0. The number of aromatic nitrogens is 1. The van der Waals surface area contributed by atoms with Crippen LogP contribution in [-0.2, 0) is 6.61 Å². The Labute approximate surface area is 65.9 Å². The third kappa shape index (κ3) is 1.33. The van der Waals surface area contributed by atoms with Gasteiger partial charge in [-0.3, -0.25) is 4.98 Å². The average molecular weight is 152 g/mol. The molecule has 60 valence electrons. The van der Waals surface area contributed by atoms with Crippen molar-refractivity contribution in [1.29, 1.82) is 0 Å². The first-order valence-electron chi connectivity index (χ1n) is 3.48. The van der Waals surface area contributed by atoms with E-state index in [2.05, 4.69) is 4.98 Å². The van der Waals surface area contributed by atoms with Crippen LogP contribution in [0.15, 0.2) is 6.20 Å². The van der Waals surface area contributed by atoms with E-state index in [1.807, 2.05) is 13.8 Å². The minimum Gasteiger partial charge on any atom is -0.398 e. The zero-order chi connectivity index (χ0) is 8.43. The van der Waals surface area contributed by atoms with Gasteiger partial charge in [-0.2, -0.15) is 0 Å². The van der Waals surface area contributed by atoms with Gasteiger partial charge in [-0.15, -0.1) is 0 Å². The molecule has 0 amide bonds. The Morgan fingerprint density at radius 3 is 2.73 bits per heavy atom. The SMILES string of the molecule is Cc1cnc(CO)c(C)c1N. The number of aliphatic hydroxyl groups excluding tert-OH is 1. The van der Waals surface area contributed by atoms with Crippen LogP contribution in [0.2, 0.25) is 0 Å². The van der Waals surface area contributed by atoms with E-state index in [1.165, 1.54) is 0 Å². The molecule has 0 aliphatic carbocycles. The second-order valence-corrected chi connectivity index (χ2v) is 2.58. The van der Waals surface area contributed by atoms with E-state index in [0.29, 0.717) is 5.69 Å². The number of anilines is 1. The monoisotopic (exact) mass is 152 g/mol. The topological polar surface area (TPSA) is 59.1 Å². The van der Waals surface area contributed by atoms with Gasteiger partial charge in [0.25, 0.3) is 0 Å². The van der Waals surface area contributed by atoms with E-state index in [9.17, 15) is 0 Å². The first kappa shape index (κ1) is 8.01. The molecule has 3 N–H and O–H groups in total. The highest BCUT2D eigenvalue weighted by Crippen LogP contribution is 2.17. The van der Waals surface area contributed by atoms with Crippen LogP contribution in [0.3, 0.4) is 0 Å². The Hall–Kier alpha value is -1.09. The number of aryl methyl sites for hydroxylation is 1. The van der Waals surface area contributed by atoms with E-state index in [-0.39, 0.29) is 6.61 Å². The molecule has 1 heterocycles. The van der Waals surface area contributed by atoms with Gasteiger partial charge < -0.3 is 10.8 Å². The fourth-order valence-electron chi connectivity index (χ4n) is 0.952. The summed E-state index contributed by atoms with van der Waals surface area (Å²) in [7, 11) is 0. The van der Waals surface area contributed by atoms with Crippen molar-refractivity contribution < 1.29 is 5.11 Å². The highest BCUT2D eigenvalue weighted by Gasteiger charge is 2.03. The molecule has 0 spiro atoms. The molecule has 11 heavy (non-hydrogen) atoms. The van der Waals surface area contributed by atoms with Gasteiger partial charge in [-0.25, -0.2) is 0 Å². The molecule has 0 radical (unpaired) electrons. The Morgan fingerprint density at radius 2 is 2.18 bits per heavy atom. The van der Waals surface area contributed by atoms with Gasteiger partial charge in [0.15, 0.2) is 0 Å². The number of nitrogens with zero attached hydrogens (tertiary/aromatic N) is 1. The molecular weight excluding hydrogens is 140 g/mol. The third-order valence-corrected chi connectivity index (χ3v) is 1.83. The normalized spacial score (nSPS) is 10.1. The van der Waals surface area contributed by atoms with Crippen LogP contribution < -0.4 is 5.73 Å². The number of hydrogen-bond donors (Lipinski definition) is 2. The highest BCUT2D eigenvalue weighted by atomic mass is 16.3. The van der Waals surface area contributed by atoms with Crippen molar-refractivity contribution in [2.24, 2.45) is 0 Å². The van der Waals surface area contributed by atoms with Crippen molar-refractivity contribution in [3.63, 3.8) is 0 Å². The quantitative estimate of drug-likeness (QED) is 0.625. The number of pyridine rings is 1. The van der Waals surface area contributed by atoms with E-state index in [1.54, 1.807) is 6.20 Å². The van der Waals surface area contributed by atoms with Crippen LogP contribution in [0.5, 0.6) is 0 Å². The molecule has 0 fully saturated rings. The Kier molecular flexibility index (Phi) is 2.10. The molecule has 0 aliphatic rings. The van der Waals surface area contributed by atoms with Crippen molar-refractivity contribution in [3.8, 4) is 0 Å². The first-order chi connectivity index (χ1) is 5.16.